The van der Waals surface area contributed by atoms with Crippen LogP contribution in [-0.4, -0.2) is 31.2 Å². The molecule has 0 unspecified atom stereocenters. The van der Waals surface area contributed by atoms with Gasteiger partial charge in [0.25, 0.3) is 0 Å². The van der Waals surface area contributed by atoms with Crippen LogP contribution in [0.2, 0.25) is 0 Å². The first-order chi connectivity index (χ1) is 7.79. The predicted octanol–water partition coefficient (Wildman–Crippen LogP) is 2.89. The van der Waals surface area contributed by atoms with E-state index < -0.39 is 0 Å². The van der Waals surface area contributed by atoms with Crippen molar-refractivity contribution in [2.45, 2.75) is 26.7 Å². The van der Waals surface area contributed by atoms with E-state index in [9.17, 15) is 0 Å². The fourth-order valence-electron chi connectivity index (χ4n) is 2.24. The van der Waals surface area contributed by atoms with Gasteiger partial charge in [-0.2, -0.15) is 0 Å². The molecule has 0 aromatic heterocycles. The zero-order valence-electron chi connectivity index (χ0n) is 10.3. The smallest absolute Gasteiger partial charge is 0.0642 e. The van der Waals surface area contributed by atoms with Crippen LogP contribution in [0.25, 0.3) is 0 Å². The van der Waals surface area contributed by atoms with Crippen LogP contribution >= 0.6 is 0 Å². The second kappa shape index (κ2) is 5.35. The van der Waals surface area contributed by atoms with Crippen molar-refractivity contribution in [2.24, 2.45) is 0 Å². The van der Waals surface area contributed by atoms with Gasteiger partial charge >= 0.3 is 0 Å². The van der Waals surface area contributed by atoms with Gasteiger partial charge in [-0.15, -0.1) is 0 Å². The standard InChI is InChI=1S/C14H21NO/c1-3-13-10-12(2)4-5-14(11-13)15-6-8-16-9-7-15/h4-5,10H,3,6-9,11H2,1-2H3. The zero-order chi connectivity index (χ0) is 11.4. The fraction of sp³-hybridized carbons (Fsp3) is 0.571. The lowest BCUT2D eigenvalue weighted by Gasteiger charge is -2.31. The van der Waals surface area contributed by atoms with Crippen LogP contribution in [0.3, 0.4) is 0 Å². The zero-order valence-corrected chi connectivity index (χ0v) is 10.3. The van der Waals surface area contributed by atoms with Gasteiger partial charge in [-0.3, -0.25) is 0 Å². The Morgan fingerprint density at radius 1 is 1.25 bits per heavy atom. The Balaban J connectivity index is 2.12. The molecule has 1 aliphatic carbocycles. The molecule has 0 bridgehead atoms. The molecule has 16 heavy (non-hydrogen) atoms. The molecule has 0 amide bonds. The summed E-state index contributed by atoms with van der Waals surface area (Å²) in [4.78, 5) is 2.46. The molecule has 1 saturated heterocycles. The van der Waals surface area contributed by atoms with Crippen LogP contribution in [0, 0.1) is 0 Å². The van der Waals surface area contributed by atoms with Crippen LogP contribution < -0.4 is 0 Å². The van der Waals surface area contributed by atoms with Gasteiger partial charge < -0.3 is 9.64 Å². The summed E-state index contributed by atoms with van der Waals surface area (Å²) in [6.45, 7) is 8.22. The molecular formula is C14H21NO. The van der Waals surface area contributed by atoms with Gasteiger partial charge in [0.05, 0.1) is 13.2 Å². The molecule has 0 saturated carbocycles. The molecule has 0 radical (unpaired) electrons. The molecular weight excluding hydrogens is 198 g/mol. The van der Waals surface area contributed by atoms with Crippen molar-refractivity contribution in [3.63, 3.8) is 0 Å². The molecule has 0 aromatic rings. The Kier molecular flexibility index (Phi) is 3.83. The van der Waals surface area contributed by atoms with Gasteiger partial charge in [0.1, 0.15) is 0 Å². The Hall–Kier alpha value is -1.02. The largest absolute Gasteiger partial charge is 0.378 e. The Labute approximate surface area is 98.3 Å². The normalized spacial score (nSPS) is 22.1. The highest BCUT2D eigenvalue weighted by molar-refractivity contribution is 5.33. The van der Waals surface area contributed by atoms with E-state index in [4.69, 9.17) is 4.74 Å². The molecule has 2 heteroatoms. The van der Waals surface area contributed by atoms with Crippen LogP contribution in [0.5, 0.6) is 0 Å². The van der Waals surface area contributed by atoms with E-state index >= 15 is 0 Å². The maximum Gasteiger partial charge on any atom is 0.0642 e. The topological polar surface area (TPSA) is 12.5 Å². The van der Waals surface area contributed by atoms with Gasteiger partial charge in [0, 0.05) is 25.2 Å². The van der Waals surface area contributed by atoms with Crippen molar-refractivity contribution in [2.75, 3.05) is 26.3 Å². The first-order valence-corrected chi connectivity index (χ1v) is 6.19. The van der Waals surface area contributed by atoms with Crippen molar-refractivity contribution >= 4 is 0 Å². The van der Waals surface area contributed by atoms with Gasteiger partial charge in [0.2, 0.25) is 0 Å². The van der Waals surface area contributed by atoms with E-state index in [1.54, 1.807) is 0 Å². The van der Waals surface area contributed by atoms with Crippen LogP contribution in [0.4, 0.5) is 0 Å². The summed E-state index contributed by atoms with van der Waals surface area (Å²) in [5.41, 5.74) is 4.34. The molecule has 0 N–H and O–H groups in total. The summed E-state index contributed by atoms with van der Waals surface area (Å²) in [5, 5.41) is 0. The SMILES string of the molecule is CCC1=CC(C)=CC=C(N2CCOCC2)C1. The molecule has 0 aromatic carbocycles. The molecule has 1 aliphatic heterocycles. The Morgan fingerprint density at radius 2 is 2.00 bits per heavy atom. The summed E-state index contributed by atoms with van der Waals surface area (Å²) >= 11 is 0. The number of nitrogens with zero attached hydrogens (tertiary/aromatic N) is 1. The lowest BCUT2D eigenvalue weighted by Crippen LogP contribution is -2.35. The van der Waals surface area contributed by atoms with Crippen LogP contribution in [-0.2, 0) is 4.74 Å². The number of morpholine rings is 1. The highest BCUT2D eigenvalue weighted by Crippen LogP contribution is 2.23. The molecule has 1 heterocycles. The highest BCUT2D eigenvalue weighted by Gasteiger charge is 2.15. The van der Waals surface area contributed by atoms with Gasteiger partial charge in [0.15, 0.2) is 0 Å². The van der Waals surface area contributed by atoms with Crippen molar-refractivity contribution in [1.29, 1.82) is 0 Å². The number of hydrogen-bond acceptors (Lipinski definition) is 2. The van der Waals surface area contributed by atoms with E-state index in [1.807, 2.05) is 0 Å². The third-order valence-corrected chi connectivity index (χ3v) is 3.25. The second-order valence-corrected chi connectivity index (χ2v) is 4.50. The van der Waals surface area contributed by atoms with Crippen molar-refractivity contribution in [3.8, 4) is 0 Å². The van der Waals surface area contributed by atoms with Gasteiger partial charge in [-0.05, 0) is 19.4 Å². The predicted molar refractivity (Wildman–Crippen MR) is 67.2 cm³/mol. The Bertz CT molecular complexity index is 333. The molecule has 0 spiro atoms. The van der Waals surface area contributed by atoms with Gasteiger partial charge in [-0.25, -0.2) is 0 Å². The van der Waals surface area contributed by atoms with Gasteiger partial charge in [-0.1, -0.05) is 30.2 Å². The molecule has 1 fully saturated rings. The average molecular weight is 219 g/mol. The van der Waals surface area contributed by atoms with Crippen molar-refractivity contribution in [3.05, 3.63) is 35.1 Å². The number of allylic oxidation sites excluding steroid dienone is 5. The second-order valence-electron chi connectivity index (χ2n) is 4.50. The lowest BCUT2D eigenvalue weighted by molar-refractivity contribution is 0.0526. The number of rotatable bonds is 2. The summed E-state index contributed by atoms with van der Waals surface area (Å²) < 4.78 is 5.40. The van der Waals surface area contributed by atoms with E-state index in [0.717, 1.165) is 39.1 Å². The minimum absolute atomic E-state index is 0.866. The Morgan fingerprint density at radius 3 is 2.69 bits per heavy atom. The number of ether oxygens (including phenoxy) is 1. The molecule has 2 nitrogen and oxygen atoms in total. The van der Waals surface area contributed by atoms with Crippen LogP contribution in [0.15, 0.2) is 35.1 Å². The maximum atomic E-state index is 5.40. The third kappa shape index (κ3) is 2.76. The first-order valence-electron chi connectivity index (χ1n) is 6.19. The monoisotopic (exact) mass is 219 g/mol. The quantitative estimate of drug-likeness (QED) is 0.708. The maximum absolute atomic E-state index is 5.40. The van der Waals surface area contributed by atoms with Crippen molar-refractivity contribution in [1.82, 2.24) is 4.90 Å². The highest BCUT2D eigenvalue weighted by atomic mass is 16.5. The lowest BCUT2D eigenvalue weighted by atomic mass is 10.1. The minimum atomic E-state index is 0.866. The summed E-state index contributed by atoms with van der Waals surface area (Å²) in [5.74, 6) is 0. The van der Waals surface area contributed by atoms with E-state index in [-0.39, 0.29) is 0 Å². The number of hydrogen-bond donors (Lipinski definition) is 0. The molecule has 2 aliphatic rings. The van der Waals surface area contributed by atoms with E-state index in [0.29, 0.717) is 0 Å². The summed E-state index contributed by atoms with van der Waals surface area (Å²) in [6, 6.07) is 0. The van der Waals surface area contributed by atoms with E-state index in [1.165, 1.54) is 16.8 Å². The first kappa shape index (κ1) is 11.5. The fourth-order valence-corrected chi connectivity index (χ4v) is 2.24. The summed E-state index contributed by atoms with van der Waals surface area (Å²) in [7, 11) is 0. The average Bonchev–Trinajstić information content (AvgIpc) is 2.52. The minimum Gasteiger partial charge on any atom is -0.378 e. The van der Waals surface area contributed by atoms with Crippen LogP contribution in [0.1, 0.15) is 26.7 Å². The van der Waals surface area contributed by atoms with Crippen molar-refractivity contribution < 1.29 is 4.74 Å². The third-order valence-electron chi connectivity index (χ3n) is 3.25. The molecule has 88 valence electrons. The molecule has 0 atom stereocenters. The van der Waals surface area contributed by atoms with E-state index in [2.05, 4.69) is 37.0 Å². The molecule has 2 rings (SSSR count). The summed E-state index contributed by atoms with van der Waals surface area (Å²) in [6.07, 6.45) is 9.08.